The minimum Gasteiger partial charge on any atom is -0.298 e. The van der Waals surface area contributed by atoms with E-state index in [-0.39, 0.29) is 0 Å². The van der Waals surface area contributed by atoms with E-state index in [0.717, 1.165) is 4.31 Å². The zero-order valence-electron chi connectivity index (χ0n) is 8.60. The lowest BCUT2D eigenvalue weighted by Crippen LogP contribution is -2.22. The van der Waals surface area contributed by atoms with E-state index in [4.69, 9.17) is 40.1 Å². The van der Waals surface area contributed by atoms with E-state index >= 15 is 0 Å². The third-order valence-electron chi connectivity index (χ3n) is 1.06. The summed E-state index contributed by atoms with van der Waals surface area (Å²) in [5.41, 5.74) is 0. The highest BCUT2D eigenvalue weighted by molar-refractivity contribution is 8.03. The first kappa shape index (κ1) is 17.0. The van der Waals surface area contributed by atoms with Crippen LogP contribution in [0.15, 0.2) is 5.16 Å². The van der Waals surface area contributed by atoms with Gasteiger partial charge in [0.05, 0.1) is 18.0 Å². The second kappa shape index (κ2) is 9.00. The zero-order valence-corrected chi connectivity index (χ0v) is 12.5. The lowest BCUT2D eigenvalue weighted by atomic mass is 10.9. The van der Waals surface area contributed by atoms with Crippen molar-refractivity contribution < 1.29 is 9.63 Å². The molecule has 0 atom stereocenters. The third-order valence-corrected chi connectivity index (χ3v) is 3.03. The van der Waals surface area contributed by atoms with E-state index in [2.05, 4.69) is 9.99 Å². The van der Waals surface area contributed by atoms with Crippen LogP contribution < -0.4 is 0 Å². The van der Waals surface area contributed by atoms with Gasteiger partial charge in [0, 0.05) is 24.7 Å². The van der Waals surface area contributed by atoms with Crippen molar-refractivity contribution in [2.24, 2.45) is 5.16 Å². The standard InChI is InChI=1S/C7H8Cl3N3O2S2/c1-13(17-7(8,9)10)6(14)15-12-3-5-16-4-2-11/h3H,4-5H2,1H3. The van der Waals surface area contributed by atoms with Crippen LogP contribution in [0.2, 0.25) is 0 Å². The van der Waals surface area contributed by atoms with Gasteiger partial charge in [0.25, 0.3) is 3.12 Å². The monoisotopic (exact) mass is 335 g/mol. The molecule has 0 bridgehead atoms. The van der Waals surface area contributed by atoms with Crippen LogP contribution in [-0.4, -0.2) is 38.3 Å². The smallest absolute Gasteiger partial charge is 0.298 e. The SMILES string of the molecule is CN(SC(Cl)(Cl)Cl)C(=O)ON=CCSCC#N. The van der Waals surface area contributed by atoms with Crippen LogP contribution in [-0.2, 0) is 4.84 Å². The Morgan fingerprint density at radius 2 is 2.29 bits per heavy atom. The Kier molecular flexibility index (Phi) is 9.00. The molecule has 17 heavy (non-hydrogen) atoms. The molecular formula is C7H8Cl3N3O2S2. The summed E-state index contributed by atoms with van der Waals surface area (Å²) in [5.74, 6) is 0.825. The van der Waals surface area contributed by atoms with Gasteiger partial charge >= 0.3 is 6.09 Å². The predicted molar refractivity (Wildman–Crippen MR) is 73.6 cm³/mol. The number of thioether (sulfide) groups is 1. The fourth-order valence-corrected chi connectivity index (χ4v) is 2.25. The van der Waals surface area contributed by atoms with Crippen LogP contribution >= 0.6 is 58.5 Å². The second-order valence-electron chi connectivity index (χ2n) is 2.35. The highest BCUT2D eigenvalue weighted by atomic mass is 35.6. The molecule has 0 aliphatic rings. The topological polar surface area (TPSA) is 65.7 Å². The summed E-state index contributed by atoms with van der Waals surface area (Å²) in [6.07, 6.45) is 0.608. The van der Waals surface area contributed by atoms with Gasteiger partial charge in [0.15, 0.2) is 0 Å². The summed E-state index contributed by atoms with van der Waals surface area (Å²) in [4.78, 5) is 15.7. The number of carbonyl (C=O) groups excluding carboxylic acids is 1. The number of rotatable bonds is 5. The molecule has 0 aliphatic heterocycles. The first-order valence-electron chi connectivity index (χ1n) is 4.04. The molecule has 0 aliphatic carbocycles. The van der Waals surface area contributed by atoms with Crippen LogP contribution in [0.3, 0.4) is 0 Å². The molecule has 5 nitrogen and oxygen atoms in total. The Morgan fingerprint density at radius 1 is 1.65 bits per heavy atom. The largest absolute Gasteiger partial charge is 0.445 e. The number of amides is 1. The van der Waals surface area contributed by atoms with Crippen molar-refractivity contribution in [3.63, 3.8) is 0 Å². The third kappa shape index (κ3) is 10.9. The number of hydrogen-bond donors (Lipinski definition) is 0. The Bertz CT molecular complexity index is 316. The summed E-state index contributed by atoms with van der Waals surface area (Å²) in [6.45, 7) is 0. The maximum atomic E-state index is 11.2. The summed E-state index contributed by atoms with van der Waals surface area (Å²) in [7, 11) is 1.38. The minimum absolute atomic E-state index is 0.350. The van der Waals surface area contributed by atoms with Crippen molar-refractivity contribution in [1.29, 1.82) is 5.26 Å². The zero-order chi connectivity index (χ0) is 13.3. The van der Waals surface area contributed by atoms with E-state index in [9.17, 15) is 4.79 Å². The van der Waals surface area contributed by atoms with Crippen LogP contribution in [0, 0.1) is 11.3 Å². The van der Waals surface area contributed by atoms with Crippen LogP contribution in [0.25, 0.3) is 0 Å². The maximum Gasteiger partial charge on any atom is 0.445 e. The molecule has 0 N–H and O–H groups in total. The second-order valence-corrected chi connectivity index (χ2v) is 7.68. The first-order chi connectivity index (χ1) is 7.87. The Labute approximate surface area is 122 Å². The molecule has 0 aromatic carbocycles. The van der Waals surface area contributed by atoms with Gasteiger partial charge in [-0.3, -0.25) is 4.84 Å². The van der Waals surface area contributed by atoms with Gasteiger partial charge in [0.1, 0.15) is 0 Å². The van der Waals surface area contributed by atoms with Gasteiger partial charge in [-0.15, -0.1) is 11.8 Å². The van der Waals surface area contributed by atoms with Crippen molar-refractivity contribution in [3.8, 4) is 6.07 Å². The fraction of sp³-hybridized carbons (Fsp3) is 0.571. The normalized spacial score (nSPS) is 11.2. The van der Waals surface area contributed by atoms with Gasteiger partial charge in [-0.25, -0.2) is 9.10 Å². The molecule has 0 aromatic heterocycles. The maximum absolute atomic E-state index is 11.2. The Hall–Kier alpha value is -0.0000000000000000555. The van der Waals surface area contributed by atoms with Crippen LogP contribution in [0.1, 0.15) is 0 Å². The Balaban J connectivity index is 3.82. The fourth-order valence-electron chi connectivity index (χ4n) is 0.520. The lowest BCUT2D eigenvalue weighted by Gasteiger charge is -2.17. The van der Waals surface area contributed by atoms with Gasteiger partial charge in [-0.2, -0.15) is 5.26 Å². The molecule has 96 valence electrons. The van der Waals surface area contributed by atoms with Crippen molar-refractivity contribution in [2.45, 2.75) is 3.12 Å². The van der Waals surface area contributed by atoms with E-state index in [1.807, 2.05) is 6.07 Å². The molecular weight excluding hydrogens is 329 g/mol. The van der Waals surface area contributed by atoms with E-state index in [1.54, 1.807) is 0 Å². The predicted octanol–water partition coefficient (Wildman–Crippen LogP) is 3.27. The van der Waals surface area contributed by atoms with Crippen molar-refractivity contribution >= 4 is 70.8 Å². The molecule has 0 radical (unpaired) electrons. The van der Waals surface area contributed by atoms with Gasteiger partial charge in [-0.1, -0.05) is 40.0 Å². The number of nitrogens with zero attached hydrogens (tertiary/aromatic N) is 3. The van der Waals surface area contributed by atoms with E-state index in [1.165, 1.54) is 25.0 Å². The molecule has 0 fully saturated rings. The lowest BCUT2D eigenvalue weighted by molar-refractivity contribution is 0.137. The highest BCUT2D eigenvalue weighted by Gasteiger charge is 2.27. The molecule has 0 heterocycles. The van der Waals surface area contributed by atoms with Crippen molar-refractivity contribution in [2.75, 3.05) is 18.6 Å². The molecule has 0 aromatic rings. The summed E-state index contributed by atoms with van der Waals surface area (Å²) in [6, 6.07) is 1.95. The molecule has 0 saturated carbocycles. The highest BCUT2D eigenvalue weighted by Crippen LogP contribution is 2.40. The van der Waals surface area contributed by atoms with Crippen LogP contribution in [0.4, 0.5) is 4.79 Å². The minimum atomic E-state index is -1.64. The van der Waals surface area contributed by atoms with E-state index < -0.39 is 9.22 Å². The average molecular weight is 337 g/mol. The summed E-state index contributed by atoms with van der Waals surface area (Å²) >= 11 is 18.4. The molecule has 0 saturated heterocycles. The number of hydrogen-bond acceptors (Lipinski definition) is 6. The van der Waals surface area contributed by atoms with Gasteiger partial charge < -0.3 is 0 Å². The summed E-state index contributed by atoms with van der Waals surface area (Å²) in [5, 5.41) is 11.6. The summed E-state index contributed by atoms with van der Waals surface area (Å²) < 4.78 is -0.632. The average Bonchev–Trinajstić information content (AvgIpc) is 2.20. The molecule has 0 spiro atoms. The first-order valence-corrected chi connectivity index (χ1v) is 7.10. The molecule has 0 unspecified atom stereocenters. The number of carbonyl (C=O) groups is 1. The molecule has 10 heteroatoms. The molecule has 1 amide bonds. The van der Waals surface area contributed by atoms with Gasteiger partial charge in [0.2, 0.25) is 0 Å². The number of oxime groups is 1. The van der Waals surface area contributed by atoms with Crippen LogP contribution in [0.5, 0.6) is 0 Å². The van der Waals surface area contributed by atoms with E-state index in [0.29, 0.717) is 23.5 Å². The molecule has 0 rings (SSSR count). The number of alkyl halides is 3. The number of halogens is 3. The Morgan fingerprint density at radius 3 is 2.82 bits per heavy atom. The van der Waals surface area contributed by atoms with Crippen molar-refractivity contribution in [3.05, 3.63) is 0 Å². The number of nitriles is 1. The van der Waals surface area contributed by atoms with Crippen molar-refractivity contribution in [1.82, 2.24) is 4.31 Å². The van der Waals surface area contributed by atoms with Gasteiger partial charge in [-0.05, 0) is 0 Å². The quantitative estimate of drug-likeness (QED) is 0.192.